The Balaban J connectivity index is 2.77. The van der Waals surface area contributed by atoms with Gasteiger partial charge in [0, 0.05) is 6.54 Å². The van der Waals surface area contributed by atoms with Crippen LogP contribution in [0.2, 0.25) is 0 Å². The van der Waals surface area contributed by atoms with Gasteiger partial charge in [-0.25, -0.2) is 4.79 Å². The molecule has 1 amide bonds. The maximum atomic E-state index is 12.1. The molecule has 4 heteroatoms. The number of rotatable bonds is 4. The number of Topliss-reactive ketones (excluding diaryl/α,β-unsaturated/α-hetero) is 1. The lowest BCUT2D eigenvalue weighted by molar-refractivity contribution is -0.118. The van der Waals surface area contributed by atoms with Crippen LogP contribution in [0.1, 0.15) is 33.3 Å². The van der Waals surface area contributed by atoms with E-state index in [0.717, 1.165) is 5.56 Å². The van der Waals surface area contributed by atoms with Crippen molar-refractivity contribution in [3.05, 3.63) is 35.9 Å². The van der Waals surface area contributed by atoms with Crippen LogP contribution in [-0.2, 0) is 16.1 Å². The van der Waals surface area contributed by atoms with Crippen LogP contribution in [-0.4, -0.2) is 28.9 Å². The van der Waals surface area contributed by atoms with Gasteiger partial charge in [-0.2, -0.15) is 0 Å². The van der Waals surface area contributed by atoms with Crippen LogP contribution in [0.3, 0.4) is 0 Å². The van der Waals surface area contributed by atoms with Crippen molar-refractivity contribution in [1.82, 2.24) is 4.90 Å². The van der Waals surface area contributed by atoms with Gasteiger partial charge in [0.2, 0.25) is 0 Å². The molecule has 0 atom stereocenters. The molecule has 0 N–H and O–H groups in total. The van der Waals surface area contributed by atoms with Crippen LogP contribution in [0.5, 0.6) is 0 Å². The van der Waals surface area contributed by atoms with E-state index in [1.807, 2.05) is 30.3 Å². The van der Waals surface area contributed by atoms with Crippen molar-refractivity contribution in [2.75, 3.05) is 6.54 Å². The summed E-state index contributed by atoms with van der Waals surface area (Å²) in [5.41, 5.74) is 0.401. The molecule has 0 spiro atoms. The summed E-state index contributed by atoms with van der Waals surface area (Å²) >= 11 is 0. The van der Waals surface area contributed by atoms with E-state index in [0.29, 0.717) is 6.54 Å². The van der Waals surface area contributed by atoms with Gasteiger partial charge in [-0.1, -0.05) is 30.3 Å². The van der Waals surface area contributed by atoms with Crippen molar-refractivity contribution in [1.29, 1.82) is 0 Å². The summed E-state index contributed by atoms with van der Waals surface area (Å²) in [6.07, 6.45) is -0.466. The monoisotopic (exact) mass is 263 g/mol. The molecular formula is C15H21NO3. The van der Waals surface area contributed by atoms with Gasteiger partial charge in [0.1, 0.15) is 11.4 Å². The molecule has 1 rings (SSSR count). The van der Waals surface area contributed by atoms with Crippen LogP contribution in [0.4, 0.5) is 4.79 Å². The zero-order valence-corrected chi connectivity index (χ0v) is 12.0. The molecule has 1 aromatic rings. The molecule has 0 bridgehead atoms. The highest BCUT2D eigenvalue weighted by Gasteiger charge is 2.23. The van der Waals surface area contributed by atoms with E-state index >= 15 is 0 Å². The maximum Gasteiger partial charge on any atom is 0.410 e. The molecule has 0 fully saturated rings. The summed E-state index contributed by atoms with van der Waals surface area (Å²) in [6.45, 7) is 7.31. The van der Waals surface area contributed by atoms with Crippen molar-refractivity contribution in [2.24, 2.45) is 0 Å². The molecule has 0 aliphatic rings. The summed E-state index contributed by atoms with van der Waals surface area (Å²) in [6, 6.07) is 9.54. The van der Waals surface area contributed by atoms with Crippen LogP contribution < -0.4 is 0 Å². The van der Waals surface area contributed by atoms with Crippen LogP contribution >= 0.6 is 0 Å². The number of carbonyl (C=O) groups excluding carboxylic acids is 2. The van der Waals surface area contributed by atoms with Crippen LogP contribution in [0, 0.1) is 0 Å². The average Bonchev–Trinajstić information content (AvgIpc) is 2.26. The second-order valence-corrected chi connectivity index (χ2v) is 5.52. The quantitative estimate of drug-likeness (QED) is 0.839. The first-order valence-corrected chi connectivity index (χ1v) is 6.29. The molecule has 19 heavy (non-hydrogen) atoms. The number of ketones is 1. The lowest BCUT2D eigenvalue weighted by atomic mass is 10.2. The fraction of sp³-hybridized carbons (Fsp3) is 0.467. The number of hydrogen-bond donors (Lipinski definition) is 0. The van der Waals surface area contributed by atoms with Crippen molar-refractivity contribution in [3.63, 3.8) is 0 Å². The van der Waals surface area contributed by atoms with Gasteiger partial charge in [0.25, 0.3) is 0 Å². The second-order valence-electron chi connectivity index (χ2n) is 5.52. The SMILES string of the molecule is CC(=O)CN(Cc1ccccc1)C(=O)OC(C)(C)C. The lowest BCUT2D eigenvalue weighted by Gasteiger charge is -2.26. The first-order valence-electron chi connectivity index (χ1n) is 6.29. The maximum absolute atomic E-state index is 12.1. The fourth-order valence-electron chi connectivity index (χ4n) is 1.58. The number of benzene rings is 1. The highest BCUT2D eigenvalue weighted by molar-refractivity contribution is 5.82. The van der Waals surface area contributed by atoms with Gasteiger partial charge in [0.15, 0.2) is 0 Å². The smallest absolute Gasteiger partial charge is 0.410 e. The molecule has 0 radical (unpaired) electrons. The minimum absolute atomic E-state index is 0.0593. The van der Waals surface area contributed by atoms with Gasteiger partial charge in [0.05, 0.1) is 6.54 Å². The van der Waals surface area contributed by atoms with Gasteiger partial charge in [-0.3, -0.25) is 9.69 Å². The number of ether oxygens (including phenoxy) is 1. The Morgan fingerprint density at radius 2 is 1.74 bits per heavy atom. The van der Waals surface area contributed by atoms with Gasteiger partial charge < -0.3 is 4.74 Å². The number of amides is 1. The number of nitrogens with zero attached hydrogens (tertiary/aromatic N) is 1. The molecule has 0 unspecified atom stereocenters. The Bertz CT molecular complexity index is 434. The third-order valence-corrected chi connectivity index (χ3v) is 2.28. The summed E-state index contributed by atoms with van der Waals surface area (Å²) < 4.78 is 5.31. The molecule has 0 heterocycles. The van der Waals surface area contributed by atoms with Gasteiger partial charge in [-0.15, -0.1) is 0 Å². The van der Waals surface area contributed by atoms with Crippen molar-refractivity contribution >= 4 is 11.9 Å². The lowest BCUT2D eigenvalue weighted by Crippen LogP contribution is -2.38. The predicted molar refractivity (Wildman–Crippen MR) is 73.8 cm³/mol. The number of hydrogen-bond acceptors (Lipinski definition) is 3. The summed E-state index contributed by atoms with van der Waals surface area (Å²) in [5.74, 6) is -0.0678. The third kappa shape index (κ3) is 6.04. The summed E-state index contributed by atoms with van der Waals surface area (Å²) in [7, 11) is 0. The van der Waals surface area contributed by atoms with E-state index in [4.69, 9.17) is 4.74 Å². The molecule has 0 saturated heterocycles. The topological polar surface area (TPSA) is 46.6 Å². The zero-order chi connectivity index (χ0) is 14.5. The van der Waals surface area contributed by atoms with Gasteiger partial charge >= 0.3 is 6.09 Å². The first kappa shape index (κ1) is 15.2. The Hall–Kier alpha value is -1.84. The van der Waals surface area contributed by atoms with Crippen molar-refractivity contribution in [3.8, 4) is 0 Å². The Kier molecular flexibility index (Phi) is 5.10. The Morgan fingerprint density at radius 3 is 2.21 bits per heavy atom. The van der Waals surface area contributed by atoms with Crippen molar-refractivity contribution < 1.29 is 14.3 Å². The highest BCUT2D eigenvalue weighted by atomic mass is 16.6. The zero-order valence-electron chi connectivity index (χ0n) is 12.0. The largest absolute Gasteiger partial charge is 0.444 e. The highest BCUT2D eigenvalue weighted by Crippen LogP contribution is 2.12. The van der Waals surface area contributed by atoms with Gasteiger partial charge in [-0.05, 0) is 33.3 Å². The van der Waals surface area contributed by atoms with E-state index in [2.05, 4.69) is 0 Å². The Labute approximate surface area is 114 Å². The minimum atomic E-state index is -0.567. The average molecular weight is 263 g/mol. The van der Waals surface area contributed by atoms with E-state index in [1.165, 1.54) is 11.8 Å². The Morgan fingerprint density at radius 1 is 1.16 bits per heavy atom. The van der Waals surface area contributed by atoms with Crippen LogP contribution in [0.15, 0.2) is 30.3 Å². The van der Waals surface area contributed by atoms with E-state index < -0.39 is 11.7 Å². The minimum Gasteiger partial charge on any atom is -0.444 e. The third-order valence-electron chi connectivity index (χ3n) is 2.28. The molecule has 0 aromatic heterocycles. The van der Waals surface area contributed by atoms with E-state index in [9.17, 15) is 9.59 Å². The standard InChI is InChI=1S/C15H21NO3/c1-12(17)10-16(14(18)19-15(2,3)4)11-13-8-6-5-7-9-13/h5-9H,10-11H2,1-4H3. The second kappa shape index (κ2) is 6.36. The van der Waals surface area contributed by atoms with Crippen LogP contribution in [0.25, 0.3) is 0 Å². The van der Waals surface area contributed by atoms with E-state index in [-0.39, 0.29) is 12.3 Å². The first-order chi connectivity index (χ1) is 8.78. The molecular weight excluding hydrogens is 242 g/mol. The molecule has 1 aromatic carbocycles. The fourth-order valence-corrected chi connectivity index (χ4v) is 1.58. The molecule has 0 aliphatic heterocycles. The van der Waals surface area contributed by atoms with E-state index in [1.54, 1.807) is 20.8 Å². The molecule has 0 saturated carbocycles. The molecule has 0 aliphatic carbocycles. The summed E-state index contributed by atoms with van der Waals surface area (Å²) in [4.78, 5) is 24.7. The summed E-state index contributed by atoms with van der Waals surface area (Å²) in [5, 5.41) is 0. The normalized spacial score (nSPS) is 10.9. The molecule has 4 nitrogen and oxygen atoms in total. The predicted octanol–water partition coefficient (Wildman–Crippen LogP) is 3.01. The van der Waals surface area contributed by atoms with Crippen molar-refractivity contribution in [2.45, 2.75) is 39.8 Å². The molecule has 104 valence electrons. The number of carbonyl (C=O) groups is 2.